The minimum atomic E-state index is -0.137. The summed E-state index contributed by atoms with van der Waals surface area (Å²) in [6.45, 7) is 2.48. The van der Waals surface area contributed by atoms with Crippen LogP contribution in [-0.2, 0) is 6.54 Å². The van der Waals surface area contributed by atoms with Gasteiger partial charge in [-0.2, -0.15) is 0 Å². The fraction of sp³-hybridized carbons (Fsp3) is 0.320. The van der Waals surface area contributed by atoms with Gasteiger partial charge < -0.3 is 19.9 Å². The lowest BCUT2D eigenvalue weighted by molar-refractivity contribution is 0.0584. The van der Waals surface area contributed by atoms with Crippen molar-refractivity contribution in [1.82, 2.24) is 14.5 Å². The molecule has 1 saturated heterocycles. The van der Waals surface area contributed by atoms with Crippen LogP contribution in [0.3, 0.4) is 0 Å². The van der Waals surface area contributed by atoms with Crippen molar-refractivity contribution < 1.29 is 9.53 Å². The van der Waals surface area contributed by atoms with Crippen LogP contribution < -0.4 is 16.0 Å². The van der Waals surface area contributed by atoms with Gasteiger partial charge in [0.25, 0.3) is 11.5 Å². The molecule has 2 N–H and O–H groups in total. The van der Waals surface area contributed by atoms with Gasteiger partial charge in [-0.05, 0) is 41.7 Å². The molecule has 3 aromatic rings. The molecule has 7 heteroatoms. The minimum absolute atomic E-state index is 0.0260. The van der Waals surface area contributed by atoms with E-state index in [4.69, 9.17) is 10.5 Å². The number of piperidine rings is 1. The van der Waals surface area contributed by atoms with Gasteiger partial charge in [-0.15, -0.1) is 0 Å². The van der Waals surface area contributed by atoms with Gasteiger partial charge >= 0.3 is 0 Å². The fourth-order valence-electron chi connectivity index (χ4n) is 4.91. The molecule has 1 aromatic carbocycles. The number of ether oxygens (including phenoxy) is 1. The molecule has 7 nitrogen and oxygen atoms in total. The second-order valence-corrected chi connectivity index (χ2v) is 8.48. The monoisotopic (exact) mass is 430 g/mol. The van der Waals surface area contributed by atoms with Crippen LogP contribution in [0.1, 0.15) is 28.5 Å². The number of fused-ring (bicyclic) bond motifs is 4. The SMILES string of the molecule is NCCOc1cccnc1C(=O)N1C[C@@H]2C[C@H](C1)c1cc(-c3ccccc3)cc(=O)n1C2. The number of hydrogen-bond acceptors (Lipinski definition) is 5. The van der Waals surface area contributed by atoms with E-state index in [0.29, 0.717) is 44.2 Å². The summed E-state index contributed by atoms with van der Waals surface area (Å²) in [7, 11) is 0. The van der Waals surface area contributed by atoms with Gasteiger partial charge in [0.15, 0.2) is 11.4 Å². The van der Waals surface area contributed by atoms with E-state index in [9.17, 15) is 9.59 Å². The van der Waals surface area contributed by atoms with Crippen LogP contribution in [0.5, 0.6) is 5.75 Å². The van der Waals surface area contributed by atoms with Gasteiger partial charge in [-0.1, -0.05) is 30.3 Å². The highest BCUT2D eigenvalue weighted by Crippen LogP contribution is 2.37. The Bertz CT molecular complexity index is 1190. The first kappa shape index (κ1) is 20.5. The summed E-state index contributed by atoms with van der Waals surface area (Å²) < 4.78 is 7.54. The van der Waals surface area contributed by atoms with Crippen LogP contribution in [-0.4, -0.2) is 46.6 Å². The number of likely N-dealkylation sites (tertiary alicyclic amines) is 1. The summed E-state index contributed by atoms with van der Waals surface area (Å²) >= 11 is 0. The van der Waals surface area contributed by atoms with Crippen molar-refractivity contribution in [3.8, 4) is 16.9 Å². The van der Waals surface area contributed by atoms with E-state index in [1.54, 1.807) is 24.4 Å². The molecule has 2 aromatic heterocycles. The highest BCUT2D eigenvalue weighted by atomic mass is 16.5. The first-order valence-corrected chi connectivity index (χ1v) is 11.0. The van der Waals surface area contributed by atoms with Crippen molar-refractivity contribution in [3.05, 3.63) is 82.5 Å². The van der Waals surface area contributed by atoms with Gasteiger partial charge in [0.2, 0.25) is 0 Å². The third kappa shape index (κ3) is 3.80. The molecule has 2 atom stereocenters. The molecule has 0 radical (unpaired) electrons. The molecule has 5 rings (SSSR count). The van der Waals surface area contributed by atoms with E-state index in [2.05, 4.69) is 11.1 Å². The lowest BCUT2D eigenvalue weighted by atomic mass is 9.82. The molecule has 4 heterocycles. The zero-order chi connectivity index (χ0) is 22.1. The first-order chi connectivity index (χ1) is 15.6. The summed E-state index contributed by atoms with van der Waals surface area (Å²) in [6, 6.07) is 17.3. The van der Waals surface area contributed by atoms with Crippen LogP contribution in [0.2, 0.25) is 0 Å². The van der Waals surface area contributed by atoms with Crippen LogP contribution >= 0.6 is 0 Å². The lowest BCUT2D eigenvalue weighted by Gasteiger charge is -2.42. The zero-order valence-electron chi connectivity index (χ0n) is 17.8. The number of hydrogen-bond donors (Lipinski definition) is 1. The predicted molar refractivity (Wildman–Crippen MR) is 122 cm³/mol. The molecule has 32 heavy (non-hydrogen) atoms. The van der Waals surface area contributed by atoms with Crippen molar-refractivity contribution >= 4 is 5.91 Å². The average Bonchev–Trinajstić information content (AvgIpc) is 2.83. The normalized spacial score (nSPS) is 19.3. The summed E-state index contributed by atoms with van der Waals surface area (Å²) in [5.41, 5.74) is 8.84. The summed E-state index contributed by atoms with van der Waals surface area (Å²) in [4.78, 5) is 32.4. The largest absolute Gasteiger partial charge is 0.490 e. The standard InChI is InChI=1S/C25H26N4O3/c26-8-10-32-22-7-4-9-27-24(22)25(31)28-14-17-11-20(16-28)21-12-19(13-23(30)29(21)15-17)18-5-2-1-3-6-18/h1-7,9,12-13,17,20H,8,10-11,14-16,26H2/t17-,20+/m0/s1. The van der Waals surface area contributed by atoms with Crippen LogP contribution in [0, 0.1) is 5.92 Å². The number of amides is 1. The number of benzene rings is 1. The Hall–Kier alpha value is -3.45. The lowest BCUT2D eigenvalue weighted by Crippen LogP contribution is -2.49. The Balaban J connectivity index is 1.45. The second kappa shape index (κ2) is 8.59. The first-order valence-electron chi connectivity index (χ1n) is 11.0. The van der Waals surface area contributed by atoms with Gasteiger partial charge in [-0.3, -0.25) is 9.59 Å². The van der Waals surface area contributed by atoms with E-state index in [1.807, 2.05) is 39.8 Å². The molecular weight excluding hydrogens is 404 g/mol. The van der Waals surface area contributed by atoms with Gasteiger partial charge in [0.1, 0.15) is 6.61 Å². The smallest absolute Gasteiger partial charge is 0.276 e. The highest BCUT2D eigenvalue weighted by Gasteiger charge is 2.37. The van der Waals surface area contributed by atoms with Crippen LogP contribution in [0.15, 0.2) is 65.6 Å². The molecule has 2 bridgehead atoms. The second-order valence-electron chi connectivity index (χ2n) is 8.48. The van der Waals surface area contributed by atoms with Crippen molar-refractivity contribution in [3.63, 3.8) is 0 Å². The number of carbonyl (C=O) groups is 1. The Morgan fingerprint density at radius 2 is 1.91 bits per heavy atom. The molecule has 1 fully saturated rings. The van der Waals surface area contributed by atoms with Crippen molar-refractivity contribution in [2.24, 2.45) is 11.7 Å². The molecule has 0 aliphatic carbocycles. The molecule has 0 spiro atoms. The Morgan fingerprint density at radius 1 is 1.06 bits per heavy atom. The van der Waals surface area contributed by atoms with E-state index >= 15 is 0 Å². The fourth-order valence-corrected chi connectivity index (χ4v) is 4.91. The third-order valence-electron chi connectivity index (χ3n) is 6.30. The maximum Gasteiger partial charge on any atom is 0.276 e. The predicted octanol–water partition coefficient (Wildman–Crippen LogP) is 2.51. The number of nitrogens with two attached hydrogens (primary N) is 1. The maximum absolute atomic E-state index is 13.4. The van der Waals surface area contributed by atoms with Crippen molar-refractivity contribution in [2.45, 2.75) is 18.9 Å². The van der Waals surface area contributed by atoms with E-state index < -0.39 is 0 Å². The maximum atomic E-state index is 13.4. The van der Waals surface area contributed by atoms with Crippen LogP contribution in [0.25, 0.3) is 11.1 Å². The Labute approximate surface area is 186 Å². The number of nitrogens with zero attached hydrogens (tertiary/aromatic N) is 3. The third-order valence-corrected chi connectivity index (χ3v) is 6.30. The summed E-state index contributed by atoms with van der Waals surface area (Å²) in [5, 5.41) is 0. The number of carbonyl (C=O) groups excluding carboxylic acids is 1. The molecule has 1 amide bonds. The van der Waals surface area contributed by atoms with Crippen LogP contribution in [0.4, 0.5) is 0 Å². The quantitative estimate of drug-likeness (QED) is 0.672. The average molecular weight is 431 g/mol. The van der Waals surface area contributed by atoms with E-state index in [1.165, 1.54) is 0 Å². The van der Waals surface area contributed by atoms with Gasteiger partial charge in [-0.25, -0.2) is 4.98 Å². The number of rotatable bonds is 5. The van der Waals surface area contributed by atoms with E-state index in [-0.39, 0.29) is 23.3 Å². The Kier molecular flexibility index (Phi) is 5.49. The molecule has 164 valence electrons. The molecular formula is C25H26N4O3. The van der Waals surface area contributed by atoms with Crippen molar-refractivity contribution in [1.29, 1.82) is 0 Å². The van der Waals surface area contributed by atoms with Gasteiger partial charge in [0.05, 0.1) is 0 Å². The summed E-state index contributed by atoms with van der Waals surface area (Å²) in [6.07, 6.45) is 2.58. The molecule has 2 aliphatic heterocycles. The highest BCUT2D eigenvalue weighted by molar-refractivity contribution is 5.95. The Morgan fingerprint density at radius 3 is 2.72 bits per heavy atom. The number of pyridine rings is 2. The van der Waals surface area contributed by atoms with Gasteiger partial charge in [0, 0.05) is 50.1 Å². The molecule has 0 saturated carbocycles. The molecule has 0 unspecified atom stereocenters. The topological polar surface area (TPSA) is 90.5 Å². The number of aromatic nitrogens is 2. The van der Waals surface area contributed by atoms with E-state index in [0.717, 1.165) is 23.2 Å². The molecule has 2 aliphatic rings. The summed E-state index contributed by atoms with van der Waals surface area (Å²) in [5.74, 6) is 0.673. The zero-order valence-corrected chi connectivity index (χ0v) is 17.8. The van der Waals surface area contributed by atoms with Crippen molar-refractivity contribution in [2.75, 3.05) is 26.2 Å². The minimum Gasteiger partial charge on any atom is -0.490 e.